The first-order valence-corrected chi connectivity index (χ1v) is 9.58. The summed E-state index contributed by atoms with van der Waals surface area (Å²) in [7, 11) is 0. The van der Waals surface area contributed by atoms with E-state index in [2.05, 4.69) is 44.4 Å². The Kier molecular flexibility index (Phi) is 5.24. The van der Waals surface area contributed by atoms with Gasteiger partial charge in [0.15, 0.2) is 0 Å². The molecule has 1 aliphatic rings. The smallest absolute Gasteiger partial charge is 0.255 e. The number of amides is 1. The van der Waals surface area contributed by atoms with Crippen LogP contribution in [0.15, 0.2) is 72.9 Å². The van der Waals surface area contributed by atoms with Crippen LogP contribution in [0.3, 0.4) is 0 Å². The number of hydrogen-bond donors (Lipinski definition) is 1. The van der Waals surface area contributed by atoms with Crippen LogP contribution in [-0.4, -0.2) is 37.1 Å². The molecule has 2 aromatic carbocycles. The quantitative estimate of drug-likeness (QED) is 0.753. The van der Waals surface area contributed by atoms with Crippen molar-refractivity contribution in [3.8, 4) is 0 Å². The van der Waals surface area contributed by atoms with Crippen molar-refractivity contribution in [3.05, 3.63) is 84.1 Å². The average Bonchev–Trinajstić information content (AvgIpc) is 2.75. The molecule has 1 aliphatic heterocycles. The van der Waals surface area contributed by atoms with Crippen molar-refractivity contribution in [1.82, 2.24) is 4.98 Å². The fourth-order valence-electron chi connectivity index (χ4n) is 3.49. The van der Waals surface area contributed by atoms with Crippen LogP contribution in [0.4, 0.5) is 17.2 Å². The first-order valence-electron chi connectivity index (χ1n) is 9.58. The Morgan fingerprint density at radius 1 is 0.893 bits per heavy atom. The summed E-state index contributed by atoms with van der Waals surface area (Å²) in [6.45, 7) is 5.64. The lowest BCUT2D eigenvalue weighted by atomic mass is 10.2. The minimum atomic E-state index is -0.114. The monoisotopic (exact) mass is 372 g/mol. The number of hydrogen-bond acceptors (Lipinski definition) is 4. The zero-order chi connectivity index (χ0) is 19.3. The Hall–Kier alpha value is -3.34. The molecule has 5 nitrogen and oxygen atoms in total. The van der Waals surface area contributed by atoms with E-state index in [-0.39, 0.29) is 5.91 Å². The van der Waals surface area contributed by atoms with Gasteiger partial charge in [0.1, 0.15) is 5.82 Å². The Labute approximate surface area is 165 Å². The molecule has 1 amide bonds. The third-order valence-electron chi connectivity index (χ3n) is 5.01. The normalized spacial score (nSPS) is 14.0. The molecule has 28 heavy (non-hydrogen) atoms. The Bertz CT molecular complexity index is 950. The van der Waals surface area contributed by atoms with E-state index in [4.69, 9.17) is 0 Å². The van der Waals surface area contributed by atoms with Crippen molar-refractivity contribution < 1.29 is 4.79 Å². The summed E-state index contributed by atoms with van der Waals surface area (Å²) >= 11 is 0. The molecular weight excluding hydrogens is 348 g/mol. The predicted molar refractivity (Wildman–Crippen MR) is 114 cm³/mol. The van der Waals surface area contributed by atoms with Gasteiger partial charge >= 0.3 is 0 Å². The lowest BCUT2D eigenvalue weighted by molar-refractivity contribution is 0.102. The highest BCUT2D eigenvalue weighted by Crippen LogP contribution is 2.20. The van der Waals surface area contributed by atoms with Gasteiger partial charge in [-0.25, -0.2) is 4.98 Å². The number of benzene rings is 2. The first kappa shape index (κ1) is 18.0. The molecule has 0 radical (unpaired) electrons. The minimum Gasteiger partial charge on any atom is -0.368 e. The van der Waals surface area contributed by atoms with Crippen molar-refractivity contribution >= 4 is 23.1 Å². The number of pyridine rings is 1. The zero-order valence-electron chi connectivity index (χ0n) is 16.0. The Morgan fingerprint density at radius 3 is 2.39 bits per heavy atom. The standard InChI is InChI=1S/C23H24N4O/c1-18-6-5-7-20(16-18)25-23(28)19-10-11-24-22(17-19)27-14-12-26(13-15-27)21-8-3-2-4-9-21/h2-11,16-17H,12-15H2,1H3,(H,25,28). The molecule has 142 valence electrons. The van der Waals surface area contributed by atoms with Gasteiger partial charge in [0.25, 0.3) is 5.91 Å². The third-order valence-corrected chi connectivity index (χ3v) is 5.01. The van der Waals surface area contributed by atoms with E-state index < -0.39 is 0 Å². The molecule has 1 aromatic heterocycles. The maximum absolute atomic E-state index is 12.6. The van der Waals surface area contributed by atoms with Gasteiger partial charge in [-0.3, -0.25) is 4.79 Å². The molecule has 0 saturated carbocycles. The molecule has 1 fully saturated rings. The van der Waals surface area contributed by atoms with Gasteiger partial charge in [-0.15, -0.1) is 0 Å². The summed E-state index contributed by atoms with van der Waals surface area (Å²) in [5.74, 6) is 0.738. The Morgan fingerprint density at radius 2 is 1.64 bits per heavy atom. The van der Waals surface area contributed by atoms with Crippen molar-refractivity contribution in [3.63, 3.8) is 0 Å². The fourth-order valence-corrected chi connectivity index (χ4v) is 3.49. The van der Waals surface area contributed by atoms with Gasteiger partial charge in [0, 0.05) is 49.3 Å². The highest BCUT2D eigenvalue weighted by molar-refractivity contribution is 6.04. The number of carbonyl (C=O) groups is 1. The molecule has 0 spiro atoms. The SMILES string of the molecule is Cc1cccc(NC(=O)c2ccnc(N3CCN(c4ccccc4)CC3)c2)c1. The second-order valence-electron chi connectivity index (χ2n) is 7.04. The number of para-hydroxylation sites is 1. The van der Waals surface area contributed by atoms with Crippen molar-refractivity contribution in [2.24, 2.45) is 0 Å². The number of rotatable bonds is 4. The molecule has 0 atom stereocenters. The largest absolute Gasteiger partial charge is 0.368 e. The predicted octanol–water partition coefficient (Wildman–Crippen LogP) is 3.97. The average molecular weight is 372 g/mol. The van der Waals surface area contributed by atoms with Gasteiger partial charge in [-0.2, -0.15) is 0 Å². The summed E-state index contributed by atoms with van der Waals surface area (Å²) in [6, 6.07) is 21.9. The van der Waals surface area contributed by atoms with Gasteiger partial charge in [-0.05, 0) is 48.9 Å². The van der Waals surface area contributed by atoms with Crippen molar-refractivity contribution in [1.29, 1.82) is 0 Å². The van der Waals surface area contributed by atoms with Crippen LogP contribution in [-0.2, 0) is 0 Å². The molecule has 5 heteroatoms. The molecule has 4 rings (SSSR count). The summed E-state index contributed by atoms with van der Waals surface area (Å²) in [5.41, 5.74) is 3.79. The maximum Gasteiger partial charge on any atom is 0.255 e. The number of aromatic nitrogens is 1. The van der Waals surface area contributed by atoms with Crippen LogP contribution >= 0.6 is 0 Å². The number of nitrogens with one attached hydrogen (secondary N) is 1. The minimum absolute atomic E-state index is 0.114. The van der Waals surface area contributed by atoms with E-state index >= 15 is 0 Å². The van der Waals surface area contributed by atoms with Crippen LogP contribution in [0, 0.1) is 6.92 Å². The molecule has 1 N–H and O–H groups in total. The molecule has 0 unspecified atom stereocenters. The molecule has 2 heterocycles. The van der Waals surface area contributed by atoms with Gasteiger partial charge in [-0.1, -0.05) is 30.3 Å². The first-order chi connectivity index (χ1) is 13.7. The second-order valence-corrected chi connectivity index (χ2v) is 7.04. The molecule has 0 aliphatic carbocycles. The lowest BCUT2D eigenvalue weighted by Crippen LogP contribution is -2.46. The maximum atomic E-state index is 12.6. The number of nitrogens with zero attached hydrogens (tertiary/aromatic N) is 3. The van der Waals surface area contributed by atoms with E-state index in [9.17, 15) is 4.79 Å². The highest BCUT2D eigenvalue weighted by atomic mass is 16.1. The van der Waals surface area contributed by atoms with Gasteiger partial charge in [0.05, 0.1) is 0 Å². The highest BCUT2D eigenvalue weighted by Gasteiger charge is 2.19. The molecule has 0 bridgehead atoms. The van der Waals surface area contributed by atoms with Gasteiger partial charge < -0.3 is 15.1 Å². The fraction of sp³-hybridized carbons (Fsp3) is 0.217. The van der Waals surface area contributed by atoms with Gasteiger partial charge in [0.2, 0.25) is 0 Å². The summed E-state index contributed by atoms with van der Waals surface area (Å²) in [6.07, 6.45) is 1.71. The molecular formula is C23H24N4O. The number of anilines is 3. The van der Waals surface area contributed by atoms with Crippen LogP contribution in [0.25, 0.3) is 0 Å². The van der Waals surface area contributed by atoms with E-state index in [1.165, 1.54) is 5.69 Å². The Balaban J connectivity index is 1.42. The third kappa shape index (κ3) is 4.14. The summed E-state index contributed by atoms with van der Waals surface area (Å²) < 4.78 is 0. The van der Waals surface area contributed by atoms with E-state index in [1.54, 1.807) is 12.3 Å². The molecule has 3 aromatic rings. The van der Waals surface area contributed by atoms with Crippen LogP contribution in [0.5, 0.6) is 0 Å². The van der Waals surface area contributed by atoms with Crippen LogP contribution in [0.1, 0.15) is 15.9 Å². The summed E-state index contributed by atoms with van der Waals surface area (Å²) in [4.78, 5) is 21.7. The van der Waals surface area contributed by atoms with E-state index in [0.29, 0.717) is 5.56 Å². The van der Waals surface area contributed by atoms with Crippen molar-refractivity contribution in [2.45, 2.75) is 6.92 Å². The number of piperazine rings is 1. The lowest BCUT2D eigenvalue weighted by Gasteiger charge is -2.36. The summed E-state index contributed by atoms with van der Waals surface area (Å²) in [5, 5.41) is 2.96. The van der Waals surface area contributed by atoms with Crippen molar-refractivity contribution in [2.75, 3.05) is 41.3 Å². The number of aryl methyl sites for hydroxylation is 1. The molecule has 1 saturated heterocycles. The van der Waals surface area contributed by atoms with Crippen LogP contribution < -0.4 is 15.1 Å². The van der Waals surface area contributed by atoms with Crippen LogP contribution in [0.2, 0.25) is 0 Å². The topological polar surface area (TPSA) is 48.5 Å². The van der Waals surface area contributed by atoms with E-state index in [0.717, 1.165) is 43.2 Å². The van der Waals surface area contributed by atoms with E-state index in [1.807, 2.05) is 43.3 Å². The zero-order valence-corrected chi connectivity index (χ0v) is 16.0. The number of carbonyl (C=O) groups excluding carboxylic acids is 1. The second kappa shape index (κ2) is 8.13.